The summed E-state index contributed by atoms with van der Waals surface area (Å²) in [4.78, 5) is 24.8. The maximum Gasteiger partial charge on any atom is 0.485 e. The van der Waals surface area contributed by atoms with E-state index < -0.39 is 15.6 Å². The molecule has 0 spiro atoms. The molecule has 0 bridgehead atoms. The molecule has 0 saturated carbocycles. The summed E-state index contributed by atoms with van der Waals surface area (Å²) < 4.78 is 74.6. The van der Waals surface area contributed by atoms with Crippen molar-refractivity contribution in [3.8, 4) is 12.0 Å². The number of esters is 1. The lowest BCUT2D eigenvalue weighted by atomic mass is 10.0. The smallest absolute Gasteiger partial charge is 0.485 e. The highest BCUT2D eigenvalue weighted by molar-refractivity contribution is 7.86. The number of carbonyl (C=O) groups is 1. The van der Waals surface area contributed by atoms with E-state index in [1.165, 1.54) is 91.3 Å². The van der Waals surface area contributed by atoms with Crippen molar-refractivity contribution in [3.05, 3.63) is 0 Å². The van der Waals surface area contributed by atoms with Gasteiger partial charge in [0.1, 0.15) is 0 Å². The van der Waals surface area contributed by atoms with Crippen molar-refractivity contribution in [1.82, 2.24) is 19.4 Å². The first-order chi connectivity index (χ1) is 19.2. The van der Waals surface area contributed by atoms with E-state index in [-0.39, 0.29) is 29.0 Å². The number of aromatic nitrogens is 3. The van der Waals surface area contributed by atoms with E-state index in [4.69, 9.17) is 27.2 Å². The normalized spacial score (nSPS) is 11.9. The molecule has 0 saturated heterocycles. The van der Waals surface area contributed by atoms with Crippen molar-refractivity contribution in [3.63, 3.8) is 0 Å². The summed E-state index contributed by atoms with van der Waals surface area (Å²) in [6.45, 7) is 2.85. The first kappa shape index (κ1) is 38.7. The van der Waals surface area contributed by atoms with Crippen LogP contribution in [0.4, 0.5) is 19.1 Å². The summed E-state index contributed by atoms with van der Waals surface area (Å²) in [7, 11) is 0.531. The molecule has 0 N–H and O–H groups in total. The molecular weight excluding hydrogens is 569 g/mol. The number of halogens is 3. The van der Waals surface area contributed by atoms with Crippen LogP contribution in [0.2, 0.25) is 0 Å². The molecule has 11 nitrogen and oxygen atoms in total. The van der Waals surface area contributed by atoms with Gasteiger partial charge in [0.25, 0.3) is 0 Å². The number of nitrogens with zero attached hydrogens (tertiary/aromatic N) is 4. The predicted molar refractivity (Wildman–Crippen MR) is 148 cm³/mol. The Morgan fingerprint density at radius 3 is 1.49 bits per heavy atom. The van der Waals surface area contributed by atoms with Crippen molar-refractivity contribution in [2.24, 2.45) is 0 Å². The number of unbranched alkanes of at least 4 members (excludes halogenated alkanes) is 13. The Kier molecular flexibility index (Phi) is 19.5. The second-order valence-corrected chi connectivity index (χ2v) is 11.5. The summed E-state index contributed by atoms with van der Waals surface area (Å²) in [6.07, 6.45) is 18.3. The zero-order valence-corrected chi connectivity index (χ0v) is 25.8. The van der Waals surface area contributed by atoms with Gasteiger partial charge >= 0.3 is 29.4 Å². The average molecular weight is 617 g/mol. The highest BCUT2D eigenvalue weighted by Crippen LogP contribution is 2.21. The molecule has 0 aliphatic carbocycles. The second kappa shape index (κ2) is 20.6. The third kappa shape index (κ3) is 18.7. The van der Waals surface area contributed by atoms with Crippen molar-refractivity contribution in [1.29, 1.82) is 0 Å². The molecule has 1 aromatic heterocycles. The lowest BCUT2D eigenvalue weighted by Crippen LogP contribution is -2.46. The summed E-state index contributed by atoms with van der Waals surface area (Å²) in [5, 5.41) is 0. The Bertz CT molecular complexity index is 943. The summed E-state index contributed by atoms with van der Waals surface area (Å²) in [5.41, 5.74) is -5.65. The SMILES string of the molecule is CCCCCCCCCCCCCCCCOC(=O)C[N+](C)(C)c1nc(OC)nc(OC)n1.O=S(=O)([O-])C(F)(F)F. The molecule has 0 unspecified atom stereocenters. The first-order valence-electron chi connectivity index (χ1n) is 14.0. The number of quaternary nitrogens is 1. The molecular formula is C26H47F3N4O7S. The zero-order chi connectivity index (χ0) is 31.4. The molecule has 1 aromatic rings. The highest BCUT2D eigenvalue weighted by atomic mass is 32.2. The molecule has 0 aliphatic heterocycles. The van der Waals surface area contributed by atoms with E-state index in [1.54, 1.807) is 0 Å². The zero-order valence-electron chi connectivity index (χ0n) is 25.0. The van der Waals surface area contributed by atoms with Crippen LogP contribution in [-0.2, 0) is 19.6 Å². The molecule has 0 amide bonds. The average Bonchev–Trinajstić information content (AvgIpc) is 2.89. The van der Waals surface area contributed by atoms with Crippen molar-refractivity contribution < 1.29 is 45.1 Å². The maximum absolute atomic E-state index is 12.3. The molecule has 240 valence electrons. The van der Waals surface area contributed by atoms with Gasteiger partial charge < -0.3 is 18.8 Å². The van der Waals surface area contributed by atoms with Crippen LogP contribution < -0.4 is 14.0 Å². The minimum atomic E-state index is -6.09. The third-order valence-corrected chi connectivity index (χ3v) is 6.62. The van der Waals surface area contributed by atoms with Crippen LogP contribution in [0.5, 0.6) is 12.0 Å². The van der Waals surface area contributed by atoms with E-state index in [0.717, 1.165) is 12.8 Å². The van der Waals surface area contributed by atoms with Crippen molar-refractivity contribution >= 4 is 22.0 Å². The molecule has 1 rings (SSSR count). The van der Waals surface area contributed by atoms with Gasteiger partial charge in [-0.15, -0.1) is 15.0 Å². The molecule has 15 heteroatoms. The van der Waals surface area contributed by atoms with Crippen LogP contribution in [0, 0.1) is 0 Å². The third-order valence-electron chi connectivity index (χ3n) is 6.06. The fourth-order valence-electron chi connectivity index (χ4n) is 3.70. The van der Waals surface area contributed by atoms with E-state index in [2.05, 4.69) is 21.9 Å². The van der Waals surface area contributed by atoms with E-state index in [1.807, 2.05) is 14.1 Å². The van der Waals surface area contributed by atoms with Gasteiger partial charge in [0.05, 0.1) is 34.9 Å². The number of alkyl halides is 3. The van der Waals surface area contributed by atoms with Gasteiger partial charge in [-0.05, 0) is 6.42 Å². The molecule has 41 heavy (non-hydrogen) atoms. The minimum Gasteiger partial charge on any atom is -0.741 e. The molecule has 0 aliphatic rings. The summed E-state index contributed by atoms with van der Waals surface area (Å²) in [5.74, 6) is 0.111. The van der Waals surface area contributed by atoms with Gasteiger partial charge in [-0.2, -0.15) is 13.2 Å². The number of hydrogen-bond acceptors (Lipinski definition) is 10. The quantitative estimate of drug-likeness (QED) is 0.0603. The number of rotatable bonds is 20. The van der Waals surface area contributed by atoms with Gasteiger partial charge in [-0.1, -0.05) is 90.4 Å². The van der Waals surface area contributed by atoms with Crippen LogP contribution in [-0.4, -0.2) is 80.9 Å². The van der Waals surface area contributed by atoms with Crippen LogP contribution in [0.1, 0.15) is 96.8 Å². The summed E-state index contributed by atoms with van der Waals surface area (Å²) in [6, 6.07) is 0.303. The summed E-state index contributed by atoms with van der Waals surface area (Å²) >= 11 is 0. The fourth-order valence-corrected chi connectivity index (χ4v) is 3.70. The standard InChI is InChI=1S/C25H47N4O4.CHF3O3S/c1-6-7-8-9-10-11-12-13-14-15-16-17-18-19-20-33-22(30)21-29(2,3)23-26-24(31-4)28-25(27-23)32-5;2-1(3,4)8(5,6)7/h6-21H2,1-5H3;(H,5,6,7)/q+1;/p-1. The van der Waals surface area contributed by atoms with E-state index >= 15 is 0 Å². The topological polar surface area (TPSA) is 141 Å². The van der Waals surface area contributed by atoms with Crippen LogP contribution >= 0.6 is 0 Å². The van der Waals surface area contributed by atoms with Gasteiger partial charge in [0.15, 0.2) is 16.7 Å². The number of ether oxygens (including phenoxy) is 3. The Balaban J connectivity index is 0.00000173. The fraction of sp³-hybridized carbons (Fsp3) is 0.846. The van der Waals surface area contributed by atoms with Gasteiger partial charge in [0, 0.05) is 0 Å². The monoisotopic (exact) mass is 616 g/mol. The minimum absolute atomic E-state index is 0.118. The Labute approximate surface area is 242 Å². The number of likely N-dealkylation sites (N-methyl/N-ethyl adjacent to an activating group) is 1. The molecule has 0 fully saturated rings. The number of methoxy groups -OCH3 is 2. The molecule has 1 heterocycles. The molecule has 0 aromatic carbocycles. The van der Waals surface area contributed by atoms with Crippen LogP contribution in [0.15, 0.2) is 0 Å². The Morgan fingerprint density at radius 2 is 1.15 bits per heavy atom. The number of hydrogen-bond donors (Lipinski definition) is 0. The maximum atomic E-state index is 12.3. The molecule has 0 atom stereocenters. The van der Waals surface area contributed by atoms with Crippen molar-refractivity contribution in [2.75, 3.05) is 41.5 Å². The van der Waals surface area contributed by atoms with Gasteiger partial charge in [0.2, 0.25) is 0 Å². The van der Waals surface area contributed by atoms with Gasteiger partial charge in [-0.3, -0.25) is 4.48 Å². The number of carbonyl (C=O) groups excluding carboxylic acids is 1. The largest absolute Gasteiger partial charge is 0.741 e. The van der Waals surface area contributed by atoms with E-state index in [0.29, 0.717) is 12.6 Å². The molecule has 0 radical (unpaired) electrons. The lowest BCUT2D eigenvalue weighted by molar-refractivity contribution is -0.144. The van der Waals surface area contributed by atoms with Crippen LogP contribution in [0.25, 0.3) is 0 Å². The second-order valence-electron chi connectivity index (χ2n) is 10.2. The van der Waals surface area contributed by atoms with Gasteiger partial charge in [-0.25, -0.2) is 13.2 Å². The predicted octanol–water partition coefficient (Wildman–Crippen LogP) is 5.53. The first-order valence-corrected chi connectivity index (χ1v) is 15.4. The van der Waals surface area contributed by atoms with Crippen LogP contribution in [0.3, 0.4) is 0 Å². The van der Waals surface area contributed by atoms with Crippen molar-refractivity contribution in [2.45, 2.75) is 102 Å². The Hall–Kier alpha value is -2.26. The lowest BCUT2D eigenvalue weighted by Gasteiger charge is -2.25. The van der Waals surface area contributed by atoms with E-state index in [9.17, 15) is 18.0 Å². The Morgan fingerprint density at radius 1 is 0.780 bits per heavy atom. The highest BCUT2D eigenvalue weighted by Gasteiger charge is 2.37.